The molecule has 140 valence electrons. The molecule has 0 saturated carbocycles. The number of hydrogen-bond acceptors (Lipinski definition) is 1. The van der Waals surface area contributed by atoms with E-state index in [0.717, 1.165) is 12.6 Å². The third-order valence-electron chi connectivity index (χ3n) is 4.74. The Morgan fingerprint density at radius 2 is 1.69 bits per heavy atom. The Morgan fingerprint density at radius 1 is 1.04 bits per heavy atom. The van der Waals surface area contributed by atoms with Gasteiger partial charge in [0.1, 0.15) is 0 Å². The predicted molar refractivity (Wildman–Crippen MR) is 107 cm³/mol. The van der Waals surface area contributed by atoms with Gasteiger partial charge in [-0.1, -0.05) is 68.0 Å². The summed E-state index contributed by atoms with van der Waals surface area (Å²) in [5.41, 5.74) is 3.81. The minimum Gasteiger partial charge on any atom is -0.346 e. The van der Waals surface area contributed by atoms with Gasteiger partial charge in [-0.15, -0.1) is 0 Å². The second kappa shape index (κ2) is 7.61. The Kier molecular flexibility index (Phi) is 5.90. The number of allylic oxidation sites excluding steroid dienone is 2. The van der Waals surface area contributed by atoms with E-state index in [1.807, 2.05) is 24.8 Å². The Morgan fingerprint density at radius 3 is 2.27 bits per heavy atom. The van der Waals surface area contributed by atoms with Gasteiger partial charge in [-0.05, 0) is 32.4 Å². The van der Waals surface area contributed by atoms with Gasteiger partial charge in [0, 0.05) is 30.1 Å². The molecule has 0 spiro atoms. The lowest BCUT2D eigenvalue weighted by Gasteiger charge is -2.31. The summed E-state index contributed by atoms with van der Waals surface area (Å²) >= 11 is 0. The summed E-state index contributed by atoms with van der Waals surface area (Å²) in [5, 5.41) is 0. The highest BCUT2D eigenvalue weighted by Gasteiger charge is 2.29. The molecule has 0 aliphatic carbocycles. The zero-order valence-corrected chi connectivity index (χ0v) is 16.6. The van der Waals surface area contributed by atoms with E-state index >= 15 is 0 Å². The first-order chi connectivity index (χ1) is 12.1. The van der Waals surface area contributed by atoms with E-state index in [1.165, 1.54) is 17.2 Å². The molecule has 0 bridgehead atoms. The molecule has 0 unspecified atom stereocenters. The third kappa shape index (κ3) is 4.51. The topological polar surface area (TPSA) is 3.24 Å². The number of nitrogens with zero attached hydrogens (tertiary/aromatic N) is 1. The van der Waals surface area contributed by atoms with Crippen molar-refractivity contribution in [3.63, 3.8) is 0 Å². The van der Waals surface area contributed by atoms with Crippen molar-refractivity contribution in [2.75, 3.05) is 11.4 Å². The molecule has 3 heteroatoms. The van der Waals surface area contributed by atoms with Crippen LogP contribution in [0.4, 0.5) is 14.5 Å². The van der Waals surface area contributed by atoms with Crippen LogP contribution in [0.3, 0.4) is 0 Å². The van der Waals surface area contributed by atoms with Crippen molar-refractivity contribution < 1.29 is 8.78 Å². The molecule has 2 rings (SSSR count). The van der Waals surface area contributed by atoms with Crippen LogP contribution in [-0.2, 0) is 11.3 Å². The molecule has 1 nitrogen and oxygen atoms in total. The van der Waals surface area contributed by atoms with Crippen molar-refractivity contribution in [2.45, 2.75) is 52.9 Å². The maximum absolute atomic E-state index is 14.1. The average Bonchev–Trinajstić information content (AvgIpc) is 2.54. The van der Waals surface area contributed by atoms with Crippen molar-refractivity contribution in [1.29, 1.82) is 0 Å². The van der Waals surface area contributed by atoms with Crippen LogP contribution in [0.1, 0.15) is 51.3 Å². The van der Waals surface area contributed by atoms with Crippen molar-refractivity contribution in [2.24, 2.45) is 0 Å². The van der Waals surface area contributed by atoms with Gasteiger partial charge >= 0.3 is 0 Å². The van der Waals surface area contributed by atoms with Crippen LogP contribution in [0.15, 0.2) is 60.3 Å². The molecular weight excluding hydrogens is 328 g/mol. The maximum Gasteiger partial charge on any atom is 0.272 e. The average molecular weight is 357 g/mol. The lowest BCUT2D eigenvalue weighted by molar-refractivity contribution is 0.0180. The number of alkyl halides is 2. The van der Waals surface area contributed by atoms with E-state index in [1.54, 1.807) is 12.1 Å². The van der Waals surface area contributed by atoms with Crippen molar-refractivity contribution in [1.82, 2.24) is 0 Å². The van der Waals surface area contributed by atoms with Crippen LogP contribution in [-0.4, -0.2) is 6.54 Å². The molecular formula is C23H29F2N. The number of anilines is 1. The molecule has 0 atom stereocenters. The largest absolute Gasteiger partial charge is 0.346 e. The molecule has 0 saturated heterocycles. The molecule has 0 amide bonds. The lowest BCUT2D eigenvalue weighted by atomic mass is 9.83. The monoisotopic (exact) mass is 357 g/mol. The van der Waals surface area contributed by atoms with Crippen molar-refractivity contribution >= 4 is 5.69 Å². The van der Waals surface area contributed by atoms with E-state index in [2.05, 4.69) is 51.1 Å². The van der Waals surface area contributed by atoms with E-state index in [0.29, 0.717) is 12.2 Å². The predicted octanol–water partition coefficient (Wildman–Crippen LogP) is 6.81. The molecule has 2 aromatic rings. The normalized spacial score (nSPS) is 13.0. The Labute approximate surface area is 156 Å². The van der Waals surface area contributed by atoms with Crippen molar-refractivity contribution in [3.8, 4) is 0 Å². The Bertz CT molecular complexity index is 785. The fourth-order valence-corrected chi connectivity index (χ4v) is 3.42. The van der Waals surface area contributed by atoms with Crippen LogP contribution < -0.4 is 4.90 Å². The van der Waals surface area contributed by atoms with Crippen LogP contribution in [0.5, 0.6) is 0 Å². The lowest BCUT2D eigenvalue weighted by Crippen LogP contribution is -2.26. The molecule has 0 heterocycles. The highest BCUT2D eigenvalue weighted by molar-refractivity contribution is 5.59. The first-order valence-electron chi connectivity index (χ1n) is 9.07. The number of aryl methyl sites for hydroxylation is 1. The summed E-state index contributed by atoms with van der Waals surface area (Å²) < 4.78 is 28.2. The smallest absolute Gasteiger partial charge is 0.272 e. The molecule has 0 radical (unpaired) electrons. The van der Waals surface area contributed by atoms with E-state index in [-0.39, 0.29) is 11.0 Å². The zero-order chi connectivity index (χ0) is 19.5. The molecule has 0 fully saturated rings. The summed E-state index contributed by atoms with van der Waals surface area (Å²) in [4.78, 5) is 1.96. The van der Waals surface area contributed by atoms with Gasteiger partial charge in [-0.3, -0.25) is 0 Å². The first-order valence-corrected chi connectivity index (χ1v) is 9.07. The minimum absolute atomic E-state index is 0.0583. The second-order valence-electron chi connectivity index (χ2n) is 7.53. The fraction of sp³-hybridized carbons (Fsp3) is 0.391. The van der Waals surface area contributed by atoms with Crippen molar-refractivity contribution in [3.05, 3.63) is 77.0 Å². The van der Waals surface area contributed by atoms with Gasteiger partial charge in [0.05, 0.1) is 5.69 Å². The third-order valence-corrected chi connectivity index (χ3v) is 4.74. The Hall–Kier alpha value is -2.16. The van der Waals surface area contributed by atoms with Crippen LogP contribution in [0, 0.1) is 6.92 Å². The number of halogens is 2. The number of benzene rings is 2. The number of rotatable bonds is 6. The standard InChI is InChI=1S/C23H29F2N/c1-7-26(21-14-9-8-13-20(21)23(6,24)25)18(3)16-22(4,5)19-12-10-11-17(2)15-19/h8-16H,7H2,1-6H3/b18-16-. The quantitative estimate of drug-likeness (QED) is 0.548. The Balaban J connectivity index is 2.46. The molecule has 0 aromatic heterocycles. The second-order valence-corrected chi connectivity index (χ2v) is 7.53. The van der Waals surface area contributed by atoms with Crippen LogP contribution in [0.25, 0.3) is 0 Å². The highest BCUT2D eigenvalue weighted by Crippen LogP contribution is 2.37. The van der Waals surface area contributed by atoms with E-state index < -0.39 is 5.92 Å². The van der Waals surface area contributed by atoms with Gasteiger partial charge in [0.25, 0.3) is 5.92 Å². The summed E-state index contributed by atoms with van der Waals surface area (Å²) in [5.74, 6) is -2.88. The molecule has 26 heavy (non-hydrogen) atoms. The summed E-state index contributed by atoms with van der Waals surface area (Å²) in [7, 11) is 0. The van der Waals surface area contributed by atoms with Gasteiger partial charge in [0.15, 0.2) is 0 Å². The van der Waals surface area contributed by atoms with E-state index in [4.69, 9.17) is 0 Å². The summed E-state index contributed by atoms with van der Waals surface area (Å²) in [6.45, 7) is 11.9. The van der Waals surface area contributed by atoms with Gasteiger partial charge < -0.3 is 4.90 Å². The van der Waals surface area contributed by atoms with Gasteiger partial charge in [-0.25, -0.2) is 8.78 Å². The number of hydrogen-bond donors (Lipinski definition) is 0. The maximum atomic E-state index is 14.1. The zero-order valence-electron chi connectivity index (χ0n) is 16.6. The molecule has 0 N–H and O–H groups in total. The summed E-state index contributed by atoms with van der Waals surface area (Å²) in [6, 6.07) is 15.2. The molecule has 0 aliphatic heterocycles. The van der Waals surface area contributed by atoms with Gasteiger partial charge in [0.2, 0.25) is 0 Å². The number of para-hydroxylation sites is 1. The first kappa shape index (κ1) is 20.2. The summed E-state index contributed by atoms with van der Waals surface area (Å²) in [6.07, 6.45) is 2.16. The van der Waals surface area contributed by atoms with Gasteiger partial charge in [-0.2, -0.15) is 0 Å². The molecule has 0 aliphatic rings. The van der Waals surface area contributed by atoms with E-state index in [9.17, 15) is 8.78 Å². The highest BCUT2D eigenvalue weighted by atomic mass is 19.3. The van der Waals surface area contributed by atoms with Crippen LogP contribution >= 0.6 is 0 Å². The fourth-order valence-electron chi connectivity index (χ4n) is 3.42. The minimum atomic E-state index is -2.88. The SMILES string of the molecule is CCN(/C(C)=C\C(C)(C)c1cccc(C)c1)c1ccccc1C(C)(F)F. The molecule has 2 aromatic carbocycles. The van der Waals surface area contributed by atoms with Crippen LogP contribution in [0.2, 0.25) is 0 Å².